The number of hydrogen-bond acceptors (Lipinski definition) is 1. The summed E-state index contributed by atoms with van der Waals surface area (Å²) in [7, 11) is -3.19. The van der Waals surface area contributed by atoms with Gasteiger partial charge in [0.1, 0.15) is 0 Å². The number of fused-ring (bicyclic) bond motifs is 3. The zero-order valence-corrected chi connectivity index (χ0v) is 25.1. The molecule has 0 bridgehead atoms. The SMILES string of the molecule is CC1=C(C)C[C@@]2([Si](C)(C)C)C(=C(O)C3CC(C)=C(C)C[C@@]32[Si](C)(C)C)C1.[La]. The quantitative estimate of drug-likeness (QED) is 0.286. The molecule has 0 saturated heterocycles. The Bertz CT molecular complexity index is 747. The van der Waals surface area contributed by atoms with Crippen molar-refractivity contribution in [2.45, 2.75) is 103 Å². The average molecular weight is 528 g/mol. The van der Waals surface area contributed by atoms with Crippen molar-refractivity contribution in [3.63, 3.8) is 0 Å². The van der Waals surface area contributed by atoms with E-state index in [2.05, 4.69) is 67.0 Å². The van der Waals surface area contributed by atoms with Gasteiger partial charge in [0, 0.05) is 41.5 Å². The Balaban J connectivity index is 0.00000261. The molecule has 3 aliphatic rings. The summed E-state index contributed by atoms with van der Waals surface area (Å²) < 4.78 is 0. The molecule has 0 aromatic carbocycles. The van der Waals surface area contributed by atoms with Gasteiger partial charge in [-0.25, -0.2) is 0 Å². The van der Waals surface area contributed by atoms with Crippen molar-refractivity contribution in [3.05, 3.63) is 33.6 Å². The zero-order valence-electron chi connectivity index (χ0n) is 19.4. The van der Waals surface area contributed by atoms with Gasteiger partial charge >= 0.3 is 0 Å². The van der Waals surface area contributed by atoms with Crippen molar-refractivity contribution in [3.8, 4) is 0 Å². The molecule has 27 heavy (non-hydrogen) atoms. The van der Waals surface area contributed by atoms with Gasteiger partial charge in [0.2, 0.25) is 0 Å². The summed E-state index contributed by atoms with van der Waals surface area (Å²) in [5.41, 5.74) is 7.72. The van der Waals surface area contributed by atoms with E-state index in [0.29, 0.717) is 5.92 Å². The van der Waals surface area contributed by atoms with Crippen molar-refractivity contribution in [1.82, 2.24) is 0 Å². The van der Waals surface area contributed by atoms with E-state index in [4.69, 9.17) is 0 Å². The van der Waals surface area contributed by atoms with Crippen LogP contribution in [0.15, 0.2) is 33.6 Å². The molecule has 4 heteroatoms. The molecule has 3 rings (SSSR count). The molecule has 0 fully saturated rings. The van der Waals surface area contributed by atoms with Crippen molar-refractivity contribution < 1.29 is 40.7 Å². The van der Waals surface area contributed by atoms with Gasteiger partial charge in [0.25, 0.3) is 0 Å². The van der Waals surface area contributed by atoms with Crippen molar-refractivity contribution >= 4 is 16.1 Å². The average Bonchev–Trinajstić information content (AvgIpc) is 2.68. The maximum Gasteiger partial charge on any atom is 0.0957 e. The largest absolute Gasteiger partial charge is 0.512 e. The third-order valence-corrected chi connectivity index (χ3v) is 16.0. The van der Waals surface area contributed by atoms with Gasteiger partial charge in [-0.05, 0) is 69.0 Å². The van der Waals surface area contributed by atoms with Crippen molar-refractivity contribution in [1.29, 1.82) is 0 Å². The molecular weight excluding hydrogens is 487 g/mol. The van der Waals surface area contributed by atoms with Crippen LogP contribution in [-0.2, 0) is 0 Å². The van der Waals surface area contributed by atoms with Gasteiger partial charge in [-0.1, -0.05) is 61.6 Å². The molecule has 0 aliphatic heterocycles. The summed E-state index contributed by atoms with van der Waals surface area (Å²) in [5, 5.41) is 12.2. The Morgan fingerprint density at radius 2 is 1.30 bits per heavy atom. The first kappa shape index (κ1) is 23.9. The molecule has 1 N–H and O–H groups in total. The van der Waals surface area contributed by atoms with Gasteiger partial charge in [0.15, 0.2) is 0 Å². The monoisotopic (exact) mass is 527 g/mol. The Labute approximate surface area is 197 Å². The Hall–Kier alpha value is 0.649. The summed E-state index contributed by atoms with van der Waals surface area (Å²) in [6.45, 7) is 24.9. The normalized spacial score (nSPS) is 34.5. The fourth-order valence-electron chi connectivity index (χ4n) is 7.11. The van der Waals surface area contributed by atoms with Crippen LogP contribution in [0.3, 0.4) is 0 Å². The summed E-state index contributed by atoms with van der Waals surface area (Å²) in [4.78, 5) is 0. The minimum atomic E-state index is -1.60. The standard InChI is InChI=1S/C23H40OSi2.La/c1-15-11-19-21(24)20-12-16(2)18(4)14-23(20,26(8,9)10)22(19,13-17(15)3)25(5,6)7;/h19,24H,11-14H2,1-10H3;/t19?,22-,23-;/m1./s1. The van der Waals surface area contributed by atoms with Crippen LogP contribution < -0.4 is 0 Å². The van der Waals surface area contributed by atoms with Gasteiger partial charge in [0.05, 0.1) is 21.9 Å². The van der Waals surface area contributed by atoms with Gasteiger partial charge in [-0.15, -0.1) is 0 Å². The number of aliphatic hydroxyl groups is 1. The van der Waals surface area contributed by atoms with Crippen LogP contribution in [0.2, 0.25) is 49.4 Å². The zero-order chi connectivity index (χ0) is 19.9. The summed E-state index contributed by atoms with van der Waals surface area (Å²) in [5.74, 6) is 1.17. The molecule has 1 radical (unpaired) electrons. The molecule has 149 valence electrons. The predicted molar refractivity (Wildman–Crippen MR) is 120 cm³/mol. The van der Waals surface area contributed by atoms with E-state index < -0.39 is 16.1 Å². The summed E-state index contributed by atoms with van der Waals surface area (Å²) in [6.07, 6.45) is 4.50. The van der Waals surface area contributed by atoms with E-state index in [1.165, 1.54) is 29.6 Å². The second-order valence-corrected chi connectivity index (χ2v) is 22.4. The molecule has 0 heterocycles. The fourth-order valence-corrected chi connectivity index (χ4v) is 16.5. The minimum absolute atomic E-state index is 0. The molecular formula is C23H40LaOSi2. The first-order valence-electron chi connectivity index (χ1n) is 10.4. The Morgan fingerprint density at radius 1 is 0.778 bits per heavy atom. The van der Waals surface area contributed by atoms with Crippen LogP contribution in [0.4, 0.5) is 0 Å². The molecule has 0 aromatic heterocycles. The van der Waals surface area contributed by atoms with Gasteiger partial charge in [-0.2, -0.15) is 0 Å². The second kappa shape index (κ2) is 7.11. The van der Waals surface area contributed by atoms with E-state index in [0.717, 1.165) is 18.6 Å². The van der Waals surface area contributed by atoms with E-state index in [9.17, 15) is 5.11 Å². The van der Waals surface area contributed by atoms with Crippen LogP contribution in [0.25, 0.3) is 0 Å². The number of hydrogen-bond donors (Lipinski definition) is 1. The molecule has 0 aromatic rings. The van der Waals surface area contributed by atoms with Crippen molar-refractivity contribution in [2.24, 2.45) is 5.92 Å². The van der Waals surface area contributed by atoms with Crippen molar-refractivity contribution in [2.75, 3.05) is 0 Å². The van der Waals surface area contributed by atoms with Crippen LogP contribution in [0.5, 0.6) is 0 Å². The molecule has 0 amide bonds. The number of aliphatic hydroxyl groups excluding tert-OH is 1. The molecule has 1 unspecified atom stereocenters. The number of allylic oxidation sites excluding steroid dienone is 6. The van der Waals surface area contributed by atoms with Crippen LogP contribution in [0.1, 0.15) is 53.4 Å². The molecule has 0 spiro atoms. The topological polar surface area (TPSA) is 20.2 Å². The first-order valence-corrected chi connectivity index (χ1v) is 17.4. The molecule has 3 atom stereocenters. The summed E-state index contributed by atoms with van der Waals surface area (Å²) in [6, 6.07) is 0. The Morgan fingerprint density at radius 3 is 1.78 bits per heavy atom. The van der Waals surface area contributed by atoms with Gasteiger partial charge in [-0.3, -0.25) is 0 Å². The predicted octanol–water partition coefficient (Wildman–Crippen LogP) is 7.85. The molecule has 0 saturated carbocycles. The maximum absolute atomic E-state index is 11.7. The summed E-state index contributed by atoms with van der Waals surface area (Å²) >= 11 is 0. The van der Waals surface area contributed by atoms with E-state index >= 15 is 0 Å². The number of rotatable bonds is 2. The Kier molecular flexibility index (Phi) is 6.30. The van der Waals surface area contributed by atoms with Gasteiger partial charge < -0.3 is 5.11 Å². The first-order chi connectivity index (χ1) is 11.7. The van der Waals surface area contributed by atoms with E-state index in [-0.39, 0.29) is 45.7 Å². The third kappa shape index (κ3) is 2.98. The van der Waals surface area contributed by atoms with Crippen LogP contribution in [-0.4, -0.2) is 21.3 Å². The molecule has 3 aliphatic carbocycles. The molecule has 1 nitrogen and oxygen atoms in total. The van der Waals surface area contributed by atoms with Crippen LogP contribution >= 0.6 is 0 Å². The smallest absolute Gasteiger partial charge is 0.0957 e. The second-order valence-electron chi connectivity index (χ2n) is 11.6. The van der Waals surface area contributed by atoms with E-state index in [1.807, 2.05) is 0 Å². The fraction of sp³-hybridized carbons (Fsp3) is 0.739. The van der Waals surface area contributed by atoms with Crippen LogP contribution in [0, 0.1) is 41.5 Å². The maximum atomic E-state index is 11.7. The third-order valence-electron chi connectivity index (χ3n) is 8.61. The minimum Gasteiger partial charge on any atom is -0.512 e. The van der Waals surface area contributed by atoms with E-state index in [1.54, 1.807) is 11.1 Å².